The van der Waals surface area contributed by atoms with Gasteiger partial charge in [-0.25, -0.2) is 0 Å². The average molecular weight is 753 g/mol. The number of hydrogen-bond acceptors (Lipinski definition) is 8. The Balaban J connectivity index is 1.52. The highest BCUT2D eigenvalue weighted by atomic mass is 79.9. The van der Waals surface area contributed by atoms with E-state index in [1.807, 2.05) is 44.2 Å². The van der Waals surface area contributed by atoms with Crippen LogP contribution in [-0.2, 0) is 28.7 Å². The van der Waals surface area contributed by atoms with Gasteiger partial charge in [-0.1, -0.05) is 72.3 Å². The minimum atomic E-state index is -1.36. The van der Waals surface area contributed by atoms with Crippen LogP contribution in [-0.4, -0.2) is 89.2 Å². The van der Waals surface area contributed by atoms with Gasteiger partial charge in [0.25, 0.3) is 5.91 Å². The summed E-state index contributed by atoms with van der Waals surface area (Å²) in [6, 6.07) is 13.6. The third-order valence-corrected chi connectivity index (χ3v) is 10.9. The first-order valence-electron chi connectivity index (χ1n) is 17.0. The summed E-state index contributed by atoms with van der Waals surface area (Å²) < 4.78 is 17.6. The van der Waals surface area contributed by atoms with Gasteiger partial charge in [-0.15, -0.1) is 13.2 Å². The first-order valence-corrected chi connectivity index (χ1v) is 17.9. The lowest BCUT2D eigenvalue weighted by Gasteiger charge is -2.40. The molecule has 3 heterocycles. The Bertz CT molecular complexity index is 1570. The summed E-state index contributed by atoms with van der Waals surface area (Å²) in [4.78, 5) is 59.2. The van der Waals surface area contributed by atoms with E-state index in [1.54, 1.807) is 48.4 Å². The fourth-order valence-electron chi connectivity index (χ4n) is 7.63. The number of hydrogen-bond donors (Lipinski definition) is 2. The Morgan fingerprint density at radius 3 is 2.44 bits per heavy atom. The Morgan fingerprint density at radius 1 is 1.14 bits per heavy atom. The summed E-state index contributed by atoms with van der Waals surface area (Å²) >= 11 is 3.73. The standard InChI is InChI=1S/C38H46BrN3O8/c1-6-8-14-30(44)49-22-28(24-12-10-9-11-13-24)40-35(45)31-32-36(46)42(29(21-43)23(3)4)34(38(32)20-27(39)33(31)50-38)37(47)41(19-7-2)25-15-17-26(48-5)18-16-25/h6-7,9-13,15-18,23,27-29,31-34,43H,1-2,8,14,19-22H2,3-5H3,(H,40,45)/t27?,28-,29+,31+,32-,33+,34+,38-/m1/s1. The predicted octanol–water partition coefficient (Wildman–Crippen LogP) is 4.35. The topological polar surface area (TPSA) is 135 Å². The Kier molecular flexibility index (Phi) is 11.9. The summed E-state index contributed by atoms with van der Waals surface area (Å²) in [7, 11) is 1.56. The smallest absolute Gasteiger partial charge is 0.306 e. The number of alkyl halides is 1. The summed E-state index contributed by atoms with van der Waals surface area (Å²) in [5, 5.41) is 13.7. The van der Waals surface area contributed by atoms with Gasteiger partial charge in [-0.05, 0) is 48.6 Å². The molecule has 2 aromatic rings. The number of allylic oxidation sites excluding steroid dienone is 1. The van der Waals surface area contributed by atoms with E-state index in [-0.39, 0.29) is 36.9 Å². The van der Waals surface area contributed by atoms with E-state index in [4.69, 9.17) is 14.2 Å². The molecule has 12 heteroatoms. The number of likely N-dealkylation sites (tertiary alicyclic amines) is 1. The summed E-state index contributed by atoms with van der Waals surface area (Å²) in [6.07, 6.45) is 3.45. The number of esters is 1. The molecule has 8 atom stereocenters. The maximum absolute atomic E-state index is 14.9. The molecule has 5 rings (SSSR count). The van der Waals surface area contributed by atoms with Crippen LogP contribution in [0.1, 0.15) is 44.7 Å². The number of fused-ring (bicyclic) bond motifs is 1. The van der Waals surface area contributed by atoms with Crippen molar-refractivity contribution < 1.29 is 38.5 Å². The van der Waals surface area contributed by atoms with E-state index in [1.165, 1.54) is 4.90 Å². The zero-order chi connectivity index (χ0) is 36.2. The van der Waals surface area contributed by atoms with Crippen molar-refractivity contribution in [2.45, 2.75) is 67.8 Å². The van der Waals surface area contributed by atoms with Crippen molar-refractivity contribution in [1.82, 2.24) is 10.2 Å². The maximum Gasteiger partial charge on any atom is 0.306 e. The molecule has 0 radical (unpaired) electrons. The Labute approximate surface area is 301 Å². The van der Waals surface area contributed by atoms with Crippen molar-refractivity contribution >= 4 is 45.3 Å². The average Bonchev–Trinajstić information content (AvgIpc) is 3.71. The number of carbonyl (C=O) groups excluding carboxylic acids is 4. The van der Waals surface area contributed by atoms with Crippen molar-refractivity contribution in [1.29, 1.82) is 0 Å². The monoisotopic (exact) mass is 751 g/mol. The Morgan fingerprint density at radius 2 is 1.84 bits per heavy atom. The zero-order valence-electron chi connectivity index (χ0n) is 28.7. The molecule has 3 amide bonds. The van der Waals surface area contributed by atoms with E-state index in [0.717, 1.165) is 5.56 Å². The molecule has 3 saturated heterocycles. The fourth-order valence-corrected chi connectivity index (χ4v) is 8.57. The van der Waals surface area contributed by atoms with Crippen molar-refractivity contribution in [2.75, 3.05) is 31.8 Å². The third kappa shape index (κ3) is 6.97. The van der Waals surface area contributed by atoms with Crippen LogP contribution in [0.4, 0.5) is 5.69 Å². The first-order chi connectivity index (χ1) is 24.0. The van der Waals surface area contributed by atoms with Gasteiger partial charge in [-0.2, -0.15) is 0 Å². The summed E-state index contributed by atoms with van der Waals surface area (Å²) in [5.41, 5.74) is -0.0694. The molecule has 2 N–H and O–H groups in total. The molecule has 2 aromatic carbocycles. The molecule has 0 aromatic heterocycles. The van der Waals surface area contributed by atoms with Gasteiger partial charge in [0.2, 0.25) is 11.8 Å². The number of ether oxygens (including phenoxy) is 3. The second-order valence-electron chi connectivity index (χ2n) is 13.3. The van der Waals surface area contributed by atoms with Crippen molar-refractivity contribution in [3.63, 3.8) is 0 Å². The van der Waals surface area contributed by atoms with Gasteiger partial charge in [-0.3, -0.25) is 19.2 Å². The lowest BCUT2D eigenvalue weighted by atomic mass is 9.70. The minimum absolute atomic E-state index is 0.114. The number of nitrogens with zero attached hydrogens (tertiary/aromatic N) is 2. The number of halogens is 1. The third-order valence-electron chi connectivity index (χ3n) is 10.0. The van der Waals surface area contributed by atoms with Crippen LogP contribution in [0.2, 0.25) is 0 Å². The quantitative estimate of drug-likeness (QED) is 0.147. The van der Waals surface area contributed by atoms with E-state index in [9.17, 15) is 24.3 Å². The molecule has 0 aliphatic carbocycles. The molecular formula is C38H46BrN3O8. The number of aliphatic hydroxyl groups is 1. The largest absolute Gasteiger partial charge is 0.497 e. The van der Waals surface area contributed by atoms with E-state index in [2.05, 4.69) is 34.4 Å². The molecule has 1 unspecified atom stereocenters. The lowest BCUT2D eigenvalue weighted by Crippen LogP contribution is -2.60. The number of carbonyl (C=O) groups is 4. The van der Waals surface area contributed by atoms with E-state index in [0.29, 0.717) is 24.3 Å². The molecule has 3 fully saturated rings. The van der Waals surface area contributed by atoms with Gasteiger partial charge < -0.3 is 34.4 Å². The summed E-state index contributed by atoms with van der Waals surface area (Å²) in [6.45, 7) is 10.9. The number of nitrogens with one attached hydrogen (secondary N) is 1. The number of amides is 3. The zero-order valence-corrected chi connectivity index (χ0v) is 30.3. The van der Waals surface area contributed by atoms with Crippen LogP contribution in [0.15, 0.2) is 79.9 Å². The van der Waals surface area contributed by atoms with Crippen molar-refractivity contribution in [3.05, 3.63) is 85.5 Å². The molecule has 3 aliphatic rings. The molecule has 2 bridgehead atoms. The number of rotatable bonds is 16. The van der Waals surface area contributed by atoms with Crippen LogP contribution < -0.4 is 15.0 Å². The molecule has 3 aliphatic heterocycles. The van der Waals surface area contributed by atoms with Crippen LogP contribution in [0, 0.1) is 17.8 Å². The molecule has 50 heavy (non-hydrogen) atoms. The van der Waals surface area contributed by atoms with Crippen molar-refractivity contribution in [2.24, 2.45) is 17.8 Å². The first kappa shape index (κ1) is 37.3. The van der Waals surface area contributed by atoms with Gasteiger partial charge in [0.1, 0.15) is 24.0 Å². The molecule has 268 valence electrons. The highest BCUT2D eigenvalue weighted by molar-refractivity contribution is 9.09. The second kappa shape index (κ2) is 15.9. The molecule has 11 nitrogen and oxygen atoms in total. The van der Waals surface area contributed by atoms with E-state index < -0.39 is 65.4 Å². The maximum atomic E-state index is 14.9. The van der Waals surface area contributed by atoms with Gasteiger partial charge >= 0.3 is 5.97 Å². The van der Waals surface area contributed by atoms with Crippen molar-refractivity contribution in [3.8, 4) is 5.75 Å². The van der Waals surface area contributed by atoms with Gasteiger partial charge in [0.15, 0.2) is 0 Å². The normalized spacial score (nSPS) is 26.2. The van der Waals surface area contributed by atoms with Gasteiger partial charge in [0.05, 0.1) is 43.7 Å². The summed E-state index contributed by atoms with van der Waals surface area (Å²) in [5.74, 6) is -3.27. The highest BCUT2D eigenvalue weighted by Crippen LogP contribution is 2.61. The van der Waals surface area contributed by atoms with Crippen LogP contribution in [0.25, 0.3) is 0 Å². The molecule has 0 saturated carbocycles. The van der Waals surface area contributed by atoms with Gasteiger partial charge in [0, 0.05) is 23.5 Å². The fraction of sp³-hybridized carbons (Fsp3) is 0.474. The number of aliphatic hydroxyl groups excluding tert-OH is 1. The van der Waals surface area contributed by atoms with Crippen LogP contribution >= 0.6 is 15.9 Å². The SMILES string of the molecule is C=CCCC(=O)OC[C@@H](NC(=O)[C@@H]1[C@H]2O[C@@]3(CC2Br)[C@H](C(=O)N(CC=C)c2ccc(OC)cc2)N([C@@H](CO)C(C)C)C(=O)[C@@H]13)c1ccccc1. The lowest BCUT2D eigenvalue weighted by molar-refractivity contribution is -0.147. The highest BCUT2D eigenvalue weighted by Gasteiger charge is 2.77. The Hall–Kier alpha value is -4.00. The number of anilines is 1. The predicted molar refractivity (Wildman–Crippen MR) is 192 cm³/mol. The minimum Gasteiger partial charge on any atom is -0.497 e. The number of methoxy groups -OCH3 is 1. The van der Waals surface area contributed by atoms with E-state index >= 15 is 0 Å². The number of benzene rings is 2. The second-order valence-corrected chi connectivity index (χ2v) is 14.5. The van der Waals surface area contributed by atoms with Crippen LogP contribution in [0.3, 0.4) is 0 Å². The molecule has 1 spiro atoms. The van der Waals surface area contributed by atoms with Crippen LogP contribution in [0.5, 0.6) is 5.75 Å². The molecular weight excluding hydrogens is 706 g/mol.